The van der Waals surface area contributed by atoms with E-state index in [2.05, 4.69) is 0 Å². The van der Waals surface area contributed by atoms with E-state index >= 15 is 0 Å². The van der Waals surface area contributed by atoms with Crippen LogP contribution in [0.25, 0.3) is 0 Å². The molecule has 25 heavy (non-hydrogen) atoms. The number of thioether (sulfide) groups is 1. The third-order valence-electron chi connectivity index (χ3n) is 6.04. The molecule has 4 aliphatic rings. The van der Waals surface area contributed by atoms with Crippen LogP contribution >= 0.6 is 11.8 Å². The quantitative estimate of drug-likeness (QED) is 0.588. The molecule has 0 aromatic heterocycles. The monoisotopic (exact) mass is 356 g/mol. The van der Waals surface area contributed by atoms with E-state index in [4.69, 9.17) is 0 Å². The van der Waals surface area contributed by atoms with Gasteiger partial charge in [-0.3, -0.25) is 19.2 Å². The molecule has 1 spiro atoms. The first-order chi connectivity index (χ1) is 11.9. The zero-order valence-corrected chi connectivity index (χ0v) is 14.4. The van der Waals surface area contributed by atoms with E-state index in [0.29, 0.717) is 18.7 Å². The fraction of sp³-hybridized carbons (Fsp3) is 0.444. The van der Waals surface area contributed by atoms with E-state index in [1.807, 2.05) is 6.07 Å². The summed E-state index contributed by atoms with van der Waals surface area (Å²) in [7, 11) is 0. The van der Waals surface area contributed by atoms with E-state index in [0.717, 1.165) is 6.42 Å². The number of anilines is 1. The topological polar surface area (TPSA) is 74.8 Å². The molecule has 1 aromatic carbocycles. The zero-order valence-electron chi connectivity index (χ0n) is 13.6. The lowest BCUT2D eigenvalue weighted by atomic mass is 9.73. The minimum Gasteiger partial charge on any atom is -0.325 e. The summed E-state index contributed by atoms with van der Waals surface area (Å²) in [6, 6.07) is 8.75. The Balaban J connectivity index is 1.71. The number of ketones is 1. The molecule has 4 saturated heterocycles. The van der Waals surface area contributed by atoms with Gasteiger partial charge in [0.05, 0.1) is 17.5 Å². The summed E-state index contributed by atoms with van der Waals surface area (Å²) in [6.45, 7) is 1.92. The van der Waals surface area contributed by atoms with Gasteiger partial charge in [0, 0.05) is 6.54 Å². The molecule has 3 amide bonds. The van der Waals surface area contributed by atoms with Gasteiger partial charge in [-0.1, -0.05) is 18.2 Å². The molecule has 0 radical (unpaired) electrons. The molecule has 128 valence electrons. The fourth-order valence-corrected chi connectivity index (χ4v) is 7.26. The molecule has 0 unspecified atom stereocenters. The summed E-state index contributed by atoms with van der Waals surface area (Å²) < 4.78 is -1.43. The van der Waals surface area contributed by atoms with Crippen LogP contribution in [0, 0.1) is 11.8 Å². The summed E-state index contributed by atoms with van der Waals surface area (Å²) in [5.41, 5.74) is 0.503. The summed E-state index contributed by atoms with van der Waals surface area (Å²) in [4.78, 5) is 54.2. The lowest BCUT2D eigenvalue weighted by molar-refractivity contribution is -0.149. The number of nitrogens with zero attached hydrogens (tertiary/aromatic N) is 2. The first kappa shape index (κ1) is 15.1. The van der Waals surface area contributed by atoms with Crippen LogP contribution in [-0.4, -0.2) is 44.6 Å². The number of hydrogen-bond donors (Lipinski definition) is 0. The summed E-state index contributed by atoms with van der Waals surface area (Å²) >= 11 is 1.27. The largest absolute Gasteiger partial charge is 0.325 e. The first-order valence-electron chi connectivity index (χ1n) is 8.41. The van der Waals surface area contributed by atoms with Crippen molar-refractivity contribution in [3.63, 3.8) is 0 Å². The first-order valence-corrected chi connectivity index (χ1v) is 9.23. The third-order valence-corrected chi connectivity index (χ3v) is 8.11. The highest BCUT2D eigenvalue weighted by atomic mass is 32.2. The summed E-state index contributed by atoms with van der Waals surface area (Å²) in [6.07, 6.45) is 1.45. The highest BCUT2D eigenvalue weighted by Crippen LogP contribution is 2.71. The Kier molecular flexibility index (Phi) is 2.73. The number of rotatable bonds is 2. The molecule has 5 rings (SSSR count). The number of hydrogen-bond acceptors (Lipinski definition) is 5. The van der Waals surface area contributed by atoms with E-state index < -0.39 is 27.4 Å². The van der Waals surface area contributed by atoms with Gasteiger partial charge in [-0.05, 0) is 31.9 Å². The maximum absolute atomic E-state index is 13.2. The van der Waals surface area contributed by atoms with Gasteiger partial charge in [0.25, 0.3) is 0 Å². The Bertz CT molecular complexity index is 856. The van der Waals surface area contributed by atoms with Crippen LogP contribution in [0.3, 0.4) is 0 Å². The Morgan fingerprint density at radius 3 is 2.48 bits per heavy atom. The van der Waals surface area contributed by atoms with Crippen LogP contribution in [-0.2, 0) is 19.2 Å². The number of carbonyl (C=O) groups is 4. The van der Waals surface area contributed by atoms with Crippen molar-refractivity contribution in [2.45, 2.75) is 29.4 Å². The smallest absolute Gasteiger partial charge is 0.248 e. The van der Waals surface area contributed by atoms with E-state index in [-0.39, 0.29) is 17.6 Å². The number of carbonyl (C=O) groups excluding carboxylic acids is 4. The zero-order chi connectivity index (χ0) is 17.6. The van der Waals surface area contributed by atoms with Crippen LogP contribution in [0.15, 0.2) is 30.3 Å². The van der Waals surface area contributed by atoms with Crippen molar-refractivity contribution in [1.82, 2.24) is 4.90 Å². The Labute approximate surface area is 148 Å². The van der Waals surface area contributed by atoms with Gasteiger partial charge in [-0.15, -0.1) is 11.8 Å². The number of piperidine rings is 1. The molecule has 4 heterocycles. The molecule has 7 heteroatoms. The molecule has 0 N–H and O–H groups in total. The van der Waals surface area contributed by atoms with E-state index in [1.165, 1.54) is 23.6 Å². The Morgan fingerprint density at radius 1 is 1.12 bits per heavy atom. The molecule has 1 aromatic rings. The highest BCUT2D eigenvalue weighted by molar-refractivity contribution is 8.04. The molecule has 0 aliphatic carbocycles. The van der Waals surface area contributed by atoms with Gasteiger partial charge >= 0.3 is 0 Å². The van der Waals surface area contributed by atoms with Crippen molar-refractivity contribution in [1.29, 1.82) is 0 Å². The molecule has 6 nitrogen and oxygen atoms in total. The summed E-state index contributed by atoms with van der Waals surface area (Å²) in [5, 5.41) is 0. The number of benzene rings is 1. The molecule has 4 atom stereocenters. The lowest BCUT2D eigenvalue weighted by Gasteiger charge is -2.37. The average Bonchev–Trinajstić information content (AvgIpc) is 3.27. The van der Waals surface area contributed by atoms with Gasteiger partial charge in [-0.2, -0.15) is 0 Å². The van der Waals surface area contributed by atoms with E-state index in [1.54, 1.807) is 29.2 Å². The van der Waals surface area contributed by atoms with Crippen molar-refractivity contribution < 1.29 is 19.2 Å². The average molecular weight is 356 g/mol. The normalized spacial score (nSPS) is 38.5. The van der Waals surface area contributed by atoms with E-state index in [9.17, 15) is 19.2 Å². The maximum atomic E-state index is 13.2. The van der Waals surface area contributed by atoms with Crippen molar-refractivity contribution in [2.75, 3.05) is 11.4 Å². The second kappa shape index (κ2) is 4.52. The molecule has 0 saturated carbocycles. The second-order valence-corrected chi connectivity index (χ2v) is 8.66. The summed E-state index contributed by atoms with van der Waals surface area (Å²) in [5.74, 6) is -2.81. The van der Waals surface area contributed by atoms with Crippen molar-refractivity contribution in [3.05, 3.63) is 30.3 Å². The minimum atomic E-state index is -1.43. The fourth-order valence-electron chi connectivity index (χ4n) is 5.11. The highest BCUT2D eigenvalue weighted by Gasteiger charge is 2.83. The van der Waals surface area contributed by atoms with Gasteiger partial charge in [0.2, 0.25) is 17.7 Å². The number of fused-ring (bicyclic) bond motifs is 3. The maximum Gasteiger partial charge on any atom is 0.248 e. The SMILES string of the molecule is CC(=O)[C@]12S[C@@]3(CCCN3C1=O)[C@H]1C(=O)N(c3ccccc3)C(=O)[C@H]12. The Morgan fingerprint density at radius 2 is 1.80 bits per heavy atom. The van der Waals surface area contributed by atoms with Crippen LogP contribution in [0.4, 0.5) is 5.69 Å². The number of amides is 3. The number of Topliss-reactive ketones (excluding diaryl/α,β-unsaturated/α-hetero) is 1. The number of imide groups is 1. The van der Waals surface area contributed by atoms with Gasteiger partial charge in [-0.25, -0.2) is 4.90 Å². The Hall–Kier alpha value is -2.15. The standard InChI is InChI=1S/C18H16N2O4S/c1-10(21)18-13-12(17(25-18)8-5-9-19(17)16(18)24)14(22)20(15(13)23)11-6-3-2-4-7-11/h2-4,6-7,12-13H,5,8-9H2,1H3/t12-,13+,17+,18-/m1/s1. The van der Waals surface area contributed by atoms with Crippen molar-refractivity contribution in [3.8, 4) is 0 Å². The van der Waals surface area contributed by atoms with Crippen LogP contribution < -0.4 is 4.90 Å². The lowest BCUT2D eigenvalue weighted by Crippen LogP contribution is -2.59. The van der Waals surface area contributed by atoms with Crippen molar-refractivity contribution in [2.24, 2.45) is 11.8 Å². The van der Waals surface area contributed by atoms with Gasteiger partial charge in [0.15, 0.2) is 10.5 Å². The molecular weight excluding hydrogens is 340 g/mol. The van der Waals surface area contributed by atoms with Gasteiger partial charge in [0.1, 0.15) is 4.87 Å². The number of para-hydroxylation sites is 1. The van der Waals surface area contributed by atoms with Gasteiger partial charge < -0.3 is 4.90 Å². The molecule has 4 aliphatic heterocycles. The predicted octanol–water partition coefficient (Wildman–Crippen LogP) is 1.20. The van der Waals surface area contributed by atoms with Crippen LogP contribution in [0.1, 0.15) is 19.8 Å². The third kappa shape index (κ3) is 1.46. The van der Waals surface area contributed by atoms with Crippen LogP contribution in [0.5, 0.6) is 0 Å². The van der Waals surface area contributed by atoms with Crippen LogP contribution in [0.2, 0.25) is 0 Å². The predicted molar refractivity (Wildman–Crippen MR) is 90.6 cm³/mol. The molecule has 2 bridgehead atoms. The molecular formula is C18H16N2O4S. The van der Waals surface area contributed by atoms with Crippen molar-refractivity contribution >= 4 is 41.0 Å². The molecule has 4 fully saturated rings. The minimum absolute atomic E-state index is 0.278. The second-order valence-electron chi connectivity index (χ2n) is 7.10.